The van der Waals surface area contributed by atoms with Crippen LogP contribution in [-0.4, -0.2) is 6.54 Å². The van der Waals surface area contributed by atoms with Crippen molar-refractivity contribution >= 4 is 0 Å². The first-order chi connectivity index (χ1) is 8.57. The molecule has 1 rings (SSSR count). The second-order valence-corrected chi connectivity index (χ2v) is 5.59. The molecule has 0 aliphatic carbocycles. The van der Waals surface area contributed by atoms with Gasteiger partial charge in [0.25, 0.3) is 0 Å². The van der Waals surface area contributed by atoms with E-state index in [9.17, 15) is 17.6 Å². The maximum absolute atomic E-state index is 13.3. The minimum Gasteiger partial charge on any atom is -0.310 e. The van der Waals surface area contributed by atoms with Gasteiger partial charge in [-0.05, 0) is 29.7 Å². The molecule has 1 nitrogen and oxygen atoms in total. The van der Waals surface area contributed by atoms with Crippen LogP contribution in [0.4, 0.5) is 17.6 Å². The Morgan fingerprint density at radius 2 is 1.74 bits per heavy atom. The van der Waals surface area contributed by atoms with Crippen molar-refractivity contribution in [2.75, 3.05) is 6.54 Å². The van der Waals surface area contributed by atoms with Crippen LogP contribution in [0.2, 0.25) is 0 Å². The molecule has 19 heavy (non-hydrogen) atoms. The van der Waals surface area contributed by atoms with E-state index >= 15 is 0 Å². The van der Waals surface area contributed by atoms with E-state index in [1.807, 2.05) is 27.7 Å². The van der Waals surface area contributed by atoms with Gasteiger partial charge in [0.2, 0.25) is 0 Å². The predicted molar refractivity (Wildman–Crippen MR) is 67.3 cm³/mol. The third kappa shape index (κ3) is 3.93. The predicted octanol–water partition coefficient (Wildman–Crippen LogP) is 4.54. The third-order valence-electron chi connectivity index (χ3n) is 2.90. The fourth-order valence-corrected chi connectivity index (χ4v) is 2.07. The van der Waals surface area contributed by atoms with E-state index in [4.69, 9.17) is 0 Å². The van der Waals surface area contributed by atoms with Crippen molar-refractivity contribution in [3.63, 3.8) is 0 Å². The minimum absolute atomic E-state index is 0.265. The minimum atomic E-state index is -4.67. The summed E-state index contributed by atoms with van der Waals surface area (Å²) in [6, 6.07) is 2.92. The lowest BCUT2D eigenvalue weighted by Gasteiger charge is -2.32. The molecule has 0 aromatic heterocycles. The Morgan fingerprint density at radius 1 is 1.16 bits per heavy atom. The first-order valence-corrected chi connectivity index (χ1v) is 6.17. The molecule has 108 valence electrons. The van der Waals surface area contributed by atoms with Crippen molar-refractivity contribution in [2.45, 2.75) is 39.9 Å². The molecule has 0 saturated heterocycles. The Kier molecular flexibility index (Phi) is 4.61. The summed E-state index contributed by atoms with van der Waals surface area (Å²) in [4.78, 5) is 0. The van der Waals surface area contributed by atoms with E-state index in [1.54, 1.807) is 0 Å². The van der Waals surface area contributed by atoms with Crippen LogP contribution in [0.25, 0.3) is 0 Å². The number of hydrogen-bond donors (Lipinski definition) is 1. The monoisotopic (exact) mass is 277 g/mol. The van der Waals surface area contributed by atoms with Crippen molar-refractivity contribution in [1.29, 1.82) is 0 Å². The molecule has 1 unspecified atom stereocenters. The van der Waals surface area contributed by atoms with Crippen LogP contribution in [0.5, 0.6) is 0 Å². The highest BCUT2D eigenvalue weighted by Crippen LogP contribution is 2.37. The van der Waals surface area contributed by atoms with Gasteiger partial charge in [0.15, 0.2) is 0 Å². The average Bonchev–Trinajstić information content (AvgIpc) is 2.24. The highest BCUT2D eigenvalue weighted by atomic mass is 19.4. The van der Waals surface area contributed by atoms with Crippen LogP contribution in [0.15, 0.2) is 18.2 Å². The second-order valence-electron chi connectivity index (χ2n) is 5.59. The summed E-state index contributed by atoms with van der Waals surface area (Å²) in [5.74, 6) is -1.24. The molecule has 0 saturated carbocycles. The first-order valence-electron chi connectivity index (χ1n) is 6.17. The van der Waals surface area contributed by atoms with E-state index in [0.29, 0.717) is 12.1 Å². The smallest absolute Gasteiger partial charge is 0.310 e. The highest BCUT2D eigenvalue weighted by molar-refractivity contribution is 5.30. The molecule has 1 aromatic rings. The van der Waals surface area contributed by atoms with Crippen molar-refractivity contribution in [2.24, 2.45) is 5.41 Å². The first kappa shape index (κ1) is 16.0. The molecule has 1 N–H and O–H groups in total. The van der Waals surface area contributed by atoms with Crippen LogP contribution in [0, 0.1) is 11.2 Å². The Morgan fingerprint density at radius 3 is 2.16 bits per heavy atom. The van der Waals surface area contributed by atoms with E-state index in [2.05, 4.69) is 5.32 Å². The van der Waals surface area contributed by atoms with Crippen LogP contribution >= 0.6 is 0 Å². The standard InChI is InChI=1S/C14H19F4N/c1-5-19-12(13(2,3)4)9-6-7-11(15)10(8-9)14(16,17)18/h6-8,12,19H,5H2,1-4H3. The molecule has 0 radical (unpaired) electrons. The summed E-state index contributed by atoms with van der Waals surface area (Å²) in [6.45, 7) is 8.29. The van der Waals surface area contributed by atoms with Gasteiger partial charge in [-0.15, -0.1) is 0 Å². The number of benzene rings is 1. The van der Waals surface area contributed by atoms with E-state index in [-0.39, 0.29) is 11.5 Å². The lowest BCUT2D eigenvalue weighted by Crippen LogP contribution is -2.32. The van der Waals surface area contributed by atoms with Gasteiger partial charge in [0, 0.05) is 6.04 Å². The van der Waals surface area contributed by atoms with Gasteiger partial charge < -0.3 is 5.32 Å². The normalized spacial score (nSPS) is 14.5. The zero-order valence-corrected chi connectivity index (χ0v) is 11.5. The van der Waals surface area contributed by atoms with Gasteiger partial charge in [0.1, 0.15) is 5.82 Å². The van der Waals surface area contributed by atoms with E-state index < -0.39 is 17.6 Å². The molecule has 0 fully saturated rings. The number of halogens is 4. The summed E-state index contributed by atoms with van der Waals surface area (Å²) in [6.07, 6.45) is -4.67. The van der Waals surface area contributed by atoms with Crippen LogP contribution < -0.4 is 5.32 Å². The molecule has 1 atom stereocenters. The Labute approximate surface area is 111 Å². The molecule has 0 spiro atoms. The Hall–Kier alpha value is -1.10. The van der Waals surface area contributed by atoms with Crippen molar-refractivity contribution in [3.05, 3.63) is 35.1 Å². The molecule has 0 aliphatic heterocycles. The molecule has 0 amide bonds. The van der Waals surface area contributed by atoms with E-state index in [0.717, 1.165) is 12.1 Å². The van der Waals surface area contributed by atoms with E-state index in [1.165, 1.54) is 6.07 Å². The van der Waals surface area contributed by atoms with Gasteiger partial charge in [-0.2, -0.15) is 13.2 Å². The van der Waals surface area contributed by atoms with Gasteiger partial charge in [0.05, 0.1) is 5.56 Å². The summed E-state index contributed by atoms with van der Waals surface area (Å²) >= 11 is 0. The molecule has 0 heterocycles. The van der Waals surface area contributed by atoms with Gasteiger partial charge in [-0.3, -0.25) is 0 Å². The molecule has 0 aliphatic rings. The number of nitrogens with one attached hydrogen (secondary N) is 1. The molecular formula is C14H19F4N. The van der Waals surface area contributed by atoms with Gasteiger partial charge in [-0.1, -0.05) is 33.8 Å². The van der Waals surface area contributed by atoms with Gasteiger partial charge in [-0.25, -0.2) is 4.39 Å². The molecular weight excluding hydrogens is 258 g/mol. The number of hydrogen-bond acceptors (Lipinski definition) is 1. The topological polar surface area (TPSA) is 12.0 Å². The fraction of sp³-hybridized carbons (Fsp3) is 0.571. The Bertz CT molecular complexity index is 432. The molecule has 5 heteroatoms. The lowest BCUT2D eigenvalue weighted by molar-refractivity contribution is -0.140. The third-order valence-corrected chi connectivity index (χ3v) is 2.90. The largest absolute Gasteiger partial charge is 0.419 e. The number of alkyl halides is 3. The number of rotatable bonds is 3. The van der Waals surface area contributed by atoms with Crippen LogP contribution in [0.1, 0.15) is 44.9 Å². The lowest BCUT2D eigenvalue weighted by atomic mass is 9.82. The Balaban J connectivity index is 3.26. The van der Waals surface area contributed by atoms with Crippen molar-refractivity contribution in [1.82, 2.24) is 5.32 Å². The van der Waals surface area contributed by atoms with Gasteiger partial charge >= 0.3 is 6.18 Å². The summed E-state index contributed by atoms with van der Waals surface area (Å²) < 4.78 is 51.4. The maximum Gasteiger partial charge on any atom is 0.419 e. The molecule has 1 aromatic carbocycles. The fourth-order valence-electron chi connectivity index (χ4n) is 2.07. The van der Waals surface area contributed by atoms with Crippen molar-refractivity contribution < 1.29 is 17.6 Å². The van der Waals surface area contributed by atoms with Crippen LogP contribution in [-0.2, 0) is 6.18 Å². The second kappa shape index (κ2) is 5.49. The van der Waals surface area contributed by atoms with Crippen LogP contribution in [0.3, 0.4) is 0 Å². The zero-order chi connectivity index (χ0) is 14.8. The average molecular weight is 277 g/mol. The molecule has 0 bridgehead atoms. The summed E-state index contributed by atoms with van der Waals surface area (Å²) in [7, 11) is 0. The quantitative estimate of drug-likeness (QED) is 0.800. The van der Waals surface area contributed by atoms with Crippen molar-refractivity contribution in [3.8, 4) is 0 Å². The zero-order valence-electron chi connectivity index (χ0n) is 11.5. The summed E-state index contributed by atoms with van der Waals surface area (Å²) in [5.41, 5.74) is -1.03. The summed E-state index contributed by atoms with van der Waals surface area (Å²) in [5, 5.41) is 3.15. The SMILES string of the molecule is CCNC(c1ccc(F)c(C(F)(F)F)c1)C(C)(C)C. The maximum atomic E-state index is 13.3. The highest BCUT2D eigenvalue weighted by Gasteiger charge is 2.35.